The maximum absolute atomic E-state index is 11.8. The van der Waals surface area contributed by atoms with Crippen molar-refractivity contribution in [3.63, 3.8) is 0 Å². The van der Waals surface area contributed by atoms with Gasteiger partial charge in [0.1, 0.15) is 14.4 Å². The molecule has 1 heterocycles. The van der Waals surface area contributed by atoms with E-state index in [9.17, 15) is 8.78 Å². The fourth-order valence-electron chi connectivity index (χ4n) is 0.768. The van der Waals surface area contributed by atoms with E-state index in [0.29, 0.717) is 11.2 Å². The van der Waals surface area contributed by atoms with Gasteiger partial charge in [-0.2, -0.15) is 5.10 Å². The predicted molar refractivity (Wildman–Crippen MR) is 71.0 cm³/mol. The minimum atomic E-state index is -2.38. The van der Waals surface area contributed by atoms with Crippen LogP contribution in [0.3, 0.4) is 0 Å². The molecule has 2 radical (unpaired) electrons. The molecule has 0 aliphatic carbocycles. The first kappa shape index (κ1) is 18.1. The van der Waals surface area contributed by atoms with Crippen molar-refractivity contribution in [2.45, 2.75) is 58.8 Å². The highest BCUT2D eigenvalue weighted by atomic mass is 19.3. The van der Waals surface area contributed by atoms with Crippen LogP contribution in [0.25, 0.3) is 0 Å². The third-order valence-electron chi connectivity index (χ3n) is 2.81. The number of aliphatic hydroxyl groups is 2. The molecule has 0 aliphatic rings. The topological polar surface area (TPSA) is 58.3 Å². The Morgan fingerprint density at radius 2 is 1.68 bits per heavy atom. The smallest absolute Gasteiger partial charge is 0.257 e. The van der Waals surface area contributed by atoms with Crippen molar-refractivity contribution >= 4 is 13.3 Å². The first-order valence-electron chi connectivity index (χ1n) is 5.87. The van der Waals surface area contributed by atoms with Gasteiger partial charge in [-0.1, -0.05) is 5.46 Å². The molecule has 1 aromatic heterocycles. The number of hydrogen-bond acceptors (Lipinski definition) is 3. The summed E-state index contributed by atoms with van der Waals surface area (Å²) in [5.41, 5.74) is -0.976. The van der Waals surface area contributed by atoms with Crippen molar-refractivity contribution in [1.82, 2.24) is 9.78 Å². The summed E-state index contributed by atoms with van der Waals surface area (Å²) in [4.78, 5) is 0. The molecule has 1 aromatic rings. The number of alkyl halides is 2. The van der Waals surface area contributed by atoms with Crippen LogP contribution in [0.1, 0.15) is 33.4 Å². The molecule has 0 saturated carbocycles. The number of aryl methyl sites for hydroxylation is 1. The van der Waals surface area contributed by atoms with Crippen molar-refractivity contribution < 1.29 is 19.0 Å². The molecule has 7 heteroatoms. The number of aromatic nitrogens is 2. The van der Waals surface area contributed by atoms with Crippen molar-refractivity contribution in [3.05, 3.63) is 11.9 Å². The third kappa shape index (κ3) is 6.68. The molecule has 0 aliphatic heterocycles. The Bertz CT molecular complexity index is 364. The maximum Gasteiger partial charge on any atom is 0.257 e. The van der Waals surface area contributed by atoms with Crippen LogP contribution in [0.5, 0.6) is 0 Å². The van der Waals surface area contributed by atoms with Crippen LogP contribution in [-0.2, 0) is 6.54 Å². The zero-order valence-electron chi connectivity index (χ0n) is 12.0. The molecular weight excluding hydrogens is 253 g/mol. The van der Waals surface area contributed by atoms with Crippen LogP contribution < -0.4 is 5.46 Å². The second kappa shape index (κ2) is 6.48. The van der Waals surface area contributed by atoms with E-state index in [4.69, 9.17) is 18.1 Å². The highest BCUT2D eigenvalue weighted by Gasteiger charge is 2.31. The summed E-state index contributed by atoms with van der Waals surface area (Å²) in [5, 5.41) is 22.0. The number of halogens is 2. The molecule has 0 atom stereocenters. The van der Waals surface area contributed by atoms with E-state index in [1.807, 2.05) is 0 Å². The summed E-state index contributed by atoms with van der Waals surface area (Å²) >= 11 is 0. The largest absolute Gasteiger partial charge is 0.387 e. The van der Waals surface area contributed by atoms with E-state index in [1.165, 1.54) is 6.20 Å². The van der Waals surface area contributed by atoms with Gasteiger partial charge in [0, 0.05) is 6.20 Å². The molecule has 0 saturated heterocycles. The predicted octanol–water partition coefficient (Wildman–Crippen LogP) is 0.779. The Balaban J connectivity index is 0.000000362. The molecule has 0 spiro atoms. The fourth-order valence-corrected chi connectivity index (χ4v) is 0.768. The van der Waals surface area contributed by atoms with Gasteiger partial charge in [0.15, 0.2) is 0 Å². The van der Waals surface area contributed by atoms with E-state index in [2.05, 4.69) is 5.10 Å². The van der Waals surface area contributed by atoms with Crippen LogP contribution in [0.4, 0.5) is 8.78 Å². The van der Waals surface area contributed by atoms with E-state index in [1.54, 1.807) is 34.6 Å². The molecule has 0 bridgehead atoms. The fraction of sp³-hybridized carbons (Fsp3) is 0.750. The minimum Gasteiger partial charge on any atom is -0.387 e. The first-order valence-corrected chi connectivity index (χ1v) is 5.87. The SMILES string of the molecule is CC(C)(O)C(C)(C)O.[B]c1cn(CC(F)F)nc1C. The maximum atomic E-state index is 11.8. The summed E-state index contributed by atoms with van der Waals surface area (Å²) in [6, 6.07) is 0. The average Bonchev–Trinajstić information content (AvgIpc) is 2.41. The Morgan fingerprint density at radius 1 is 1.26 bits per heavy atom. The summed E-state index contributed by atoms with van der Waals surface area (Å²) in [6.07, 6.45) is -0.977. The Kier molecular flexibility index (Phi) is 6.15. The van der Waals surface area contributed by atoms with Crippen LogP contribution >= 0.6 is 0 Å². The van der Waals surface area contributed by atoms with Crippen molar-refractivity contribution in [3.8, 4) is 0 Å². The second-order valence-corrected chi connectivity index (χ2v) is 5.40. The molecule has 2 N–H and O–H groups in total. The molecule has 0 amide bonds. The molecular formula is C12H21BF2N2O2. The Morgan fingerprint density at radius 3 is 1.89 bits per heavy atom. The lowest BCUT2D eigenvalue weighted by atomic mass is 9.90. The molecule has 108 valence electrons. The summed E-state index contributed by atoms with van der Waals surface area (Å²) < 4.78 is 24.7. The molecule has 1 rings (SSSR count). The monoisotopic (exact) mass is 274 g/mol. The first-order chi connectivity index (χ1) is 8.34. The van der Waals surface area contributed by atoms with Gasteiger partial charge in [0.05, 0.1) is 16.9 Å². The van der Waals surface area contributed by atoms with E-state index in [-0.39, 0.29) is 0 Å². The van der Waals surface area contributed by atoms with E-state index >= 15 is 0 Å². The number of nitrogens with zero attached hydrogens (tertiary/aromatic N) is 2. The van der Waals surface area contributed by atoms with Gasteiger partial charge in [0.2, 0.25) is 0 Å². The van der Waals surface area contributed by atoms with E-state index < -0.39 is 24.2 Å². The molecule has 0 aromatic carbocycles. The lowest BCUT2D eigenvalue weighted by Gasteiger charge is -2.31. The molecule has 0 fully saturated rings. The van der Waals surface area contributed by atoms with Gasteiger partial charge in [-0.25, -0.2) is 8.78 Å². The van der Waals surface area contributed by atoms with Gasteiger partial charge in [0.25, 0.3) is 6.43 Å². The normalized spacial score (nSPS) is 12.3. The molecule has 19 heavy (non-hydrogen) atoms. The zero-order chi connectivity index (χ0) is 15.4. The van der Waals surface area contributed by atoms with Crippen molar-refractivity contribution in [2.24, 2.45) is 0 Å². The van der Waals surface area contributed by atoms with Gasteiger partial charge < -0.3 is 10.2 Å². The van der Waals surface area contributed by atoms with Crippen molar-refractivity contribution in [2.75, 3.05) is 0 Å². The van der Waals surface area contributed by atoms with Crippen molar-refractivity contribution in [1.29, 1.82) is 0 Å². The summed E-state index contributed by atoms with van der Waals surface area (Å²) in [5.74, 6) is 0. The highest BCUT2D eigenvalue weighted by Crippen LogP contribution is 2.19. The average molecular weight is 274 g/mol. The second-order valence-electron chi connectivity index (χ2n) is 5.40. The number of rotatable bonds is 3. The van der Waals surface area contributed by atoms with Gasteiger partial charge in [-0.3, -0.25) is 4.68 Å². The minimum absolute atomic E-state index is 0.391. The number of hydrogen-bond donors (Lipinski definition) is 2. The third-order valence-corrected chi connectivity index (χ3v) is 2.81. The van der Waals surface area contributed by atoms with E-state index in [0.717, 1.165) is 4.68 Å². The zero-order valence-corrected chi connectivity index (χ0v) is 12.0. The highest BCUT2D eigenvalue weighted by molar-refractivity contribution is 6.32. The Hall–Kier alpha value is -0.945. The van der Waals surface area contributed by atoms with Gasteiger partial charge in [-0.05, 0) is 34.6 Å². The van der Waals surface area contributed by atoms with Crippen LogP contribution in [0.2, 0.25) is 0 Å². The lowest BCUT2D eigenvalue weighted by Crippen LogP contribution is -2.44. The quantitative estimate of drug-likeness (QED) is 0.801. The van der Waals surface area contributed by atoms with Crippen LogP contribution in [0, 0.1) is 6.92 Å². The summed E-state index contributed by atoms with van der Waals surface area (Å²) in [7, 11) is 5.39. The Labute approximate surface area is 113 Å². The van der Waals surface area contributed by atoms with Crippen LogP contribution in [-0.4, -0.2) is 45.5 Å². The molecule has 0 unspecified atom stereocenters. The van der Waals surface area contributed by atoms with Gasteiger partial charge in [-0.15, -0.1) is 0 Å². The summed E-state index contributed by atoms with van der Waals surface area (Å²) in [6.45, 7) is 7.59. The standard InChI is InChI=1S/C6H7BF2N2.C6H14O2/c1-4-5(7)2-11(10-4)3-6(8)9;1-5(2,7)6(3,4)8/h2,6H,3H2,1H3;7-8H,1-4H3. The van der Waals surface area contributed by atoms with Gasteiger partial charge >= 0.3 is 0 Å². The lowest BCUT2D eigenvalue weighted by molar-refractivity contribution is -0.107. The van der Waals surface area contributed by atoms with Crippen LogP contribution in [0.15, 0.2) is 6.20 Å². The molecule has 4 nitrogen and oxygen atoms in total.